The Morgan fingerprint density at radius 1 is 0.943 bits per heavy atom. The third-order valence-corrected chi connectivity index (χ3v) is 5.69. The summed E-state index contributed by atoms with van der Waals surface area (Å²) in [5, 5.41) is 0. The van der Waals surface area contributed by atoms with Crippen molar-refractivity contribution in [3.8, 4) is 28.4 Å². The monoisotopic (exact) mass is 475 g/mol. The van der Waals surface area contributed by atoms with Gasteiger partial charge in [-0.3, -0.25) is 4.79 Å². The number of hydrogen-bond donors (Lipinski definition) is 0. The van der Waals surface area contributed by atoms with Crippen molar-refractivity contribution in [2.75, 3.05) is 20.0 Å². The Kier molecular flexibility index (Phi) is 7.55. The summed E-state index contributed by atoms with van der Waals surface area (Å²) >= 11 is 0. The molecule has 0 atom stereocenters. The number of para-hydroxylation sites is 1. The molecule has 0 saturated carbocycles. The van der Waals surface area contributed by atoms with E-state index in [4.69, 9.17) is 18.9 Å². The van der Waals surface area contributed by atoms with Crippen LogP contribution in [0.3, 0.4) is 0 Å². The van der Waals surface area contributed by atoms with Crippen LogP contribution >= 0.6 is 0 Å². The number of carbonyl (C=O) groups is 2. The molecule has 182 valence electrons. The molecule has 0 N–H and O–H groups in total. The molecule has 1 amide bonds. The van der Waals surface area contributed by atoms with E-state index < -0.39 is 5.97 Å². The van der Waals surface area contributed by atoms with E-state index in [2.05, 4.69) is 0 Å². The molecule has 3 aromatic carbocycles. The second-order valence-electron chi connectivity index (χ2n) is 8.37. The van der Waals surface area contributed by atoms with Crippen molar-refractivity contribution in [2.45, 2.75) is 33.4 Å². The summed E-state index contributed by atoms with van der Waals surface area (Å²) in [6.07, 6.45) is 0. The van der Waals surface area contributed by atoms with E-state index in [1.807, 2.05) is 74.5 Å². The summed E-state index contributed by atoms with van der Waals surface area (Å²) in [7, 11) is 0. The van der Waals surface area contributed by atoms with Gasteiger partial charge in [0, 0.05) is 23.7 Å². The first-order valence-corrected chi connectivity index (χ1v) is 11.6. The van der Waals surface area contributed by atoms with Crippen LogP contribution in [0.2, 0.25) is 0 Å². The highest BCUT2D eigenvalue weighted by molar-refractivity contribution is 5.95. The highest BCUT2D eigenvalue weighted by Crippen LogP contribution is 2.36. The second-order valence-corrected chi connectivity index (χ2v) is 8.37. The molecule has 1 aliphatic rings. The Balaban J connectivity index is 1.49. The number of esters is 1. The predicted molar refractivity (Wildman–Crippen MR) is 132 cm³/mol. The Hall–Kier alpha value is -4.00. The molecule has 7 nitrogen and oxygen atoms in total. The maximum absolute atomic E-state index is 13.4. The third kappa shape index (κ3) is 5.74. The molecule has 0 aromatic heterocycles. The van der Waals surface area contributed by atoms with Gasteiger partial charge in [0.2, 0.25) is 6.79 Å². The minimum Gasteiger partial charge on any atom is -0.482 e. The quantitative estimate of drug-likeness (QED) is 0.402. The molecule has 3 aromatic rings. The summed E-state index contributed by atoms with van der Waals surface area (Å²) in [5.74, 6) is 1.49. The Labute approximate surface area is 205 Å². The van der Waals surface area contributed by atoms with Gasteiger partial charge in [-0.05, 0) is 62.2 Å². The SMILES string of the molecule is CCOC(=O)COc1ccccc1CN(C(=O)c1ccc(-c2ccc3c(c2)OCO3)cc1)C(C)C. The first kappa shape index (κ1) is 24.1. The molecular weight excluding hydrogens is 446 g/mol. The predicted octanol–water partition coefficient (Wildman–Crippen LogP) is 5.08. The molecule has 1 aliphatic heterocycles. The average Bonchev–Trinajstić information content (AvgIpc) is 3.34. The van der Waals surface area contributed by atoms with Gasteiger partial charge in [0.15, 0.2) is 18.1 Å². The van der Waals surface area contributed by atoms with Crippen molar-refractivity contribution in [1.82, 2.24) is 4.90 Å². The zero-order chi connectivity index (χ0) is 24.8. The van der Waals surface area contributed by atoms with Gasteiger partial charge in [-0.25, -0.2) is 4.79 Å². The largest absolute Gasteiger partial charge is 0.482 e. The topological polar surface area (TPSA) is 74.3 Å². The fourth-order valence-corrected chi connectivity index (χ4v) is 3.83. The van der Waals surface area contributed by atoms with E-state index in [9.17, 15) is 9.59 Å². The molecule has 35 heavy (non-hydrogen) atoms. The van der Waals surface area contributed by atoms with Crippen molar-refractivity contribution < 1.29 is 28.5 Å². The van der Waals surface area contributed by atoms with Gasteiger partial charge in [-0.1, -0.05) is 36.4 Å². The molecule has 1 heterocycles. The molecule has 4 rings (SSSR count). The Bertz CT molecular complexity index is 1190. The number of rotatable bonds is 9. The third-order valence-electron chi connectivity index (χ3n) is 5.69. The van der Waals surface area contributed by atoms with Crippen LogP contribution in [0.1, 0.15) is 36.7 Å². The molecule has 0 bridgehead atoms. The van der Waals surface area contributed by atoms with Crippen molar-refractivity contribution in [3.05, 3.63) is 77.9 Å². The van der Waals surface area contributed by atoms with E-state index in [0.717, 1.165) is 28.2 Å². The van der Waals surface area contributed by atoms with Crippen LogP contribution in [0.5, 0.6) is 17.2 Å². The molecule has 0 fully saturated rings. The molecule has 0 radical (unpaired) electrons. The number of nitrogens with zero attached hydrogens (tertiary/aromatic N) is 1. The van der Waals surface area contributed by atoms with Crippen molar-refractivity contribution >= 4 is 11.9 Å². The molecule has 0 aliphatic carbocycles. The lowest BCUT2D eigenvalue weighted by atomic mass is 10.0. The highest BCUT2D eigenvalue weighted by atomic mass is 16.7. The van der Waals surface area contributed by atoms with Crippen LogP contribution in [0.4, 0.5) is 0 Å². The summed E-state index contributed by atoms with van der Waals surface area (Å²) < 4.78 is 21.5. The van der Waals surface area contributed by atoms with Gasteiger partial charge >= 0.3 is 5.97 Å². The first-order valence-electron chi connectivity index (χ1n) is 11.6. The fourth-order valence-electron chi connectivity index (χ4n) is 3.83. The van der Waals surface area contributed by atoms with Gasteiger partial charge < -0.3 is 23.8 Å². The van der Waals surface area contributed by atoms with E-state index >= 15 is 0 Å². The number of carbonyl (C=O) groups excluding carboxylic acids is 2. The van der Waals surface area contributed by atoms with Gasteiger partial charge in [-0.15, -0.1) is 0 Å². The standard InChI is InChI=1S/C28H29NO6/c1-4-32-27(30)17-33-24-8-6-5-7-23(24)16-29(19(2)3)28(31)21-11-9-20(10-12-21)22-13-14-25-26(15-22)35-18-34-25/h5-15,19H,4,16-18H2,1-3H3. The van der Waals surface area contributed by atoms with Crippen LogP contribution in [0, 0.1) is 0 Å². The summed E-state index contributed by atoms with van der Waals surface area (Å²) in [6, 6.07) is 20.7. The Morgan fingerprint density at radius 3 is 2.40 bits per heavy atom. The minimum atomic E-state index is -0.429. The normalized spacial score (nSPS) is 11.9. The van der Waals surface area contributed by atoms with Crippen LogP contribution in [-0.4, -0.2) is 42.8 Å². The second kappa shape index (κ2) is 11.0. The van der Waals surface area contributed by atoms with E-state index in [1.165, 1.54) is 0 Å². The number of ether oxygens (including phenoxy) is 4. The van der Waals surface area contributed by atoms with Crippen molar-refractivity contribution in [2.24, 2.45) is 0 Å². The summed E-state index contributed by atoms with van der Waals surface area (Å²) in [5.41, 5.74) is 3.37. The molecule has 0 unspecified atom stereocenters. The maximum atomic E-state index is 13.4. The lowest BCUT2D eigenvalue weighted by Crippen LogP contribution is -2.36. The lowest BCUT2D eigenvalue weighted by molar-refractivity contribution is -0.145. The zero-order valence-corrected chi connectivity index (χ0v) is 20.2. The van der Waals surface area contributed by atoms with E-state index in [-0.39, 0.29) is 25.3 Å². The number of hydrogen-bond acceptors (Lipinski definition) is 6. The molecule has 7 heteroatoms. The molecular formula is C28H29NO6. The lowest BCUT2D eigenvalue weighted by Gasteiger charge is -2.28. The smallest absolute Gasteiger partial charge is 0.344 e. The van der Waals surface area contributed by atoms with Crippen LogP contribution in [-0.2, 0) is 16.1 Å². The first-order chi connectivity index (χ1) is 17.0. The van der Waals surface area contributed by atoms with Gasteiger partial charge in [0.05, 0.1) is 6.61 Å². The van der Waals surface area contributed by atoms with Crippen LogP contribution in [0.25, 0.3) is 11.1 Å². The van der Waals surface area contributed by atoms with Gasteiger partial charge in [0.1, 0.15) is 5.75 Å². The van der Waals surface area contributed by atoms with E-state index in [0.29, 0.717) is 24.5 Å². The number of benzene rings is 3. The fraction of sp³-hybridized carbons (Fsp3) is 0.286. The summed E-state index contributed by atoms with van der Waals surface area (Å²) in [4.78, 5) is 26.9. The van der Waals surface area contributed by atoms with Crippen LogP contribution in [0.15, 0.2) is 66.7 Å². The van der Waals surface area contributed by atoms with Crippen molar-refractivity contribution in [1.29, 1.82) is 0 Å². The molecule has 0 saturated heterocycles. The average molecular weight is 476 g/mol. The Morgan fingerprint density at radius 2 is 1.66 bits per heavy atom. The number of amides is 1. The molecule has 0 spiro atoms. The highest BCUT2D eigenvalue weighted by Gasteiger charge is 2.21. The van der Waals surface area contributed by atoms with Gasteiger partial charge in [0.25, 0.3) is 5.91 Å². The van der Waals surface area contributed by atoms with E-state index in [1.54, 1.807) is 17.9 Å². The van der Waals surface area contributed by atoms with Crippen LogP contribution < -0.4 is 14.2 Å². The minimum absolute atomic E-state index is 0.0471. The summed E-state index contributed by atoms with van der Waals surface area (Å²) in [6.45, 7) is 6.39. The maximum Gasteiger partial charge on any atom is 0.344 e. The van der Waals surface area contributed by atoms with Gasteiger partial charge in [-0.2, -0.15) is 0 Å². The zero-order valence-electron chi connectivity index (χ0n) is 20.2. The van der Waals surface area contributed by atoms with Crippen molar-refractivity contribution in [3.63, 3.8) is 0 Å². The number of fused-ring (bicyclic) bond motifs is 1.